The van der Waals surface area contributed by atoms with Gasteiger partial charge in [-0.1, -0.05) is 38.5 Å². The van der Waals surface area contributed by atoms with Crippen LogP contribution in [0, 0.1) is 10.1 Å². The number of nitrogens with zero attached hydrogens (tertiary/aromatic N) is 3. The Labute approximate surface area is 173 Å². The molecule has 0 fully saturated rings. The lowest BCUT2D eigenvalue weighted by Gasteiger charge is -2.12. The van der Waals surface area contributed by atoms with Crippen molar-refractivity contribution in [1.29, 1.82) is 0 Å². The average molecular weight is 423 g/mol. The highest BCUT2D eigenvalue weighted by molar-refractivity contribution is 7.15. The number of aromatic nitrogens is 2. The molecule has 0 radical (unpaired) electrons. The predicted octanol–water partition coefficient (Wildman–Crippen LogP) is 4.79. The molecule has 0 spiro atoms. The molecule has 0 bridgehead atoms. The maximum atomic E-state index is 12.7. The fourth-order valence-electron chi connectivity index (χ4n) is 2.73. The Morgan fingerprint density at radius 1 is 1.24 bits per heavy atom. The molecular formula is C19H26N4O5S. The molecule has 1 aromatic heterocycles. The Kier molecular flexibility index (Phi) is 8.32. The van der Waals surface area contributed by atoms with Crippen molar-refractivity contribution in [2.75, 3.05) is 19.0 Å². The van der Waals surface area contributed by atoms with E-state index in [-0.39, 0.29) is 28.7 Å². The van der Waals surface area contributed by atoms with Crippen LogP contribution < -0.4 is 14.8 Å². The summed E-state index contributed by atoms with van der Waals surface area (Å²) in [5.41, 5.74) is -0.492. The standard InChI is InChI=1S/C19H26N4O5S/c1-5-8-9-28-16-11-14(23(25)26)13(10-15(16)27-4)17(24)20-19-22-21-18(29-19)12(6-2)7-3/h10-12H,5-9H2,1-4H3,(H,20,22,24). The lowest BCUT2D eigenvalue weighted by atomic mass is 10.1. The molecule has 1 heterocycles. The van der Waals surface area contributed by atoms with Crippen molar-refractivity contribution >= 4 is 28.1 Å². The second-order valence-corrected chi connectivity index (χ2v) is 7.40. The normalized spacial score (nSPS) is 10.8. The van der Waals surface area contributed by atoms with E-state index in [4.69, 9.17) is 9.47 Å². The number of amides is 1. The number of benzene rings is 1. The van der Waals surface area contributed by atoms with Gasteiger partial charge in [-0.25, -0.2) is 0 Å². The molecule has 1 amide bonds. The lowest BCUT2D eigenvalue weighted by molar-refractivity contribution is -0.385. The Morgan fingerprint density at radius 2 is 1.97 bits per heavy atom. The molecule has 0 unspecified atom stereocenters. The van der Waals surface area contributed by atoms with Gasteiger partial charge in [-0.15, -0.1) is 10.2 Å². The highest BCUT2D eigenvalue weighted by atomic mass is 32.1. The first-order valence-corrected chi connectivity index (χ1v) is 10.4. The predicted molar refractivity (Wildman–Crippen MR) is 111 cm³/mol. The first-order chi connectivity index (χ1) is 13.9. The van der Waals surface area contributed by atoms with E-state index in [2.05, 4.69) is 29.4 Å². The minimum atomic E-state index is -0.651. The highest BCUT2D eigenvalue weighted by Crippen LogP contribution is 2.36. The molecule has 0 aliphatic heterocycles. The zero-order chi connectivity index (χ0) is 21.4. The zero-order valence-corrected chi connectivity index (χ0v) is 17.9. The van der Waals surface area contributed by atoms with Crippen molar-refractivity contribution in [3.05, 3.63) is 32.8 Å². The molecule has 10 heteroatoms. The zero-order valence-electron chi connectivity index (χ0n) is 17.1. The molecule has 29 heavy (non-hydrogen) atoms. The lowest BCUT2D eigenvalue weighted by Crippen LogP contribution is -2.14. The van der Waals surface area contributed by atoms with Gasteiger partial charge < -0.3 is 9.47 Å². The summed E-state index contributed by atoms with van der Waals surface area (Å²) in [4.78, 5) is 23.6. The van der Waals surface area contributed by atoms with E-state index < -0.39 is 10.8 Å². The summed E-state index contributed by atoms with van der Waals surface area (Å²) in [6.07, 6.45) is 3.56. The molecule has 1 aromatic carbocycles. The molecule has 0 aliphatic rings. The molecule has 0 saturated carbocycles. The number of hydrogen-bond acceptors (Lipinski definition) is 8. The number of rotatable bonds is 11. The van der Waals surface area contributed by atoms with Crippen molar-refractivity contribution in [3.63, 3.8) is 0 Å². The SMILES string of the molecule is CCCCOc1cc([N+](=O)[O-])c(C(=O)Nc2nnc(C(CC)CC)s2)cc1OC. The summed E-state index contributed by atoms with van der Waals surface area (Å²) >= 11 is 1.27. The smallest absolute Gasteiger partial charge is 0.286 e. The van der Waals surface area contributed by atoms with Gasteiger partial charge in [-0.3, -0.25) is 20.2 Å². The Morgan fingerprint density at radius 3 is 2.55 bits per heavy atom. The van der Waals surface area contributed by atoms with E-state index in [1.807, 2.05) is 6.92 Å². The second-order valence-electron chi connectivity index (χ2n) is 6.39. The third kappa shape index (κ3) is 5.63. The summed E-state index contributed by atoms with van der Waals surface area (Å²) < 4.78 is 10.8. The van der Waals surface area contributed by atoms with Crippen LogP contribution in [0.3, 0.4) is 0 Å². The average Bonchev–Trinajstić information content (AvgIpc) is 3.16. The Hall–Kier alpha value is -2.75. The molecule has 2 rings (SSSR count). The summed E-state index contributed by atoms with van der Waals surface area (Å²) in [6.45, 7) is 6.54. The minimum Gasteiger partial charge on any atom is -0.493 e. The molecule has 0 saturated heterocycles. The van der Waals surface area contributed by atoms with Crippen LogP contribution >= 0.6 is 11.3 Å². The van der Waals surface area contributed by atoms with Gasteiger partial charge in [0.15, 0.2) is 11.5 Å². The van der Waals surface area contributed by atoms with E-state index in [9.17, 15) is 14.9 Å². The van der Waals surface area contributed by atoms with Crippen molar-refractivity contribution in [3.8, 4) is 11.5 Å². The van der Waals surface area contributed by atoms with Gasteiger partial charge in [0.1, 0.15) is 10.6 Å². The number of nitrogens with one attached hydrogen (secondary N) is 1. The highest BCUT2D eigenvalue weighted by Gasteiger charge is 2.26. The quantitative estimate of drug-likeness (QED) is 0.314. The van der Waals surface area contributed by atoms with E-state index in [1.54, 1.807) is 0 Å². The molecule has 0 atom stereocenters. The van der Waals surface area contributed by atoms with Gasteiger partial charge in [0, 0.05) is 12.0 Å². The summed E-state index contributed by atoms with van der Waals surface area (Å²) in [5.74, 6) is 0.109. The number of ether oxygens (including phenoxy) is 2. The van der Waals surface area contributed by atoms with Gasteiger partial charge in [0.25, 0.3) is 11.6 Å². The third-order valence-electron chi connectivity index (χ3n) is 4.47. The maximum Gasteiger partial charge on any atom is 0.286 e. The second kappa shape index (κ2) is 10.7. The fraction of sp³-hybridized carbons (Fsp3) is 0.526. The Bertz CT molecular complexity index is 851. The van der Waals surface area contributed by atoms with Crippen LogP contribution in [0.2, 0.25) is 0 Å². The molecule has 1 N–H and O–H groups in total. The summed E-state index contributed by atoms with van der Waals surface area (Å²) in [5, 5.41) is 23.4. The van der Waals surface area contributed by atoms with E-state index in [0.29, 0.717) is 11.7 Å². The van der Waals surface area contributed by atoms with Gasteiger partial charge in [0.05, 0.1) is 24.7 Å². The van der Waals surface area contributed by atoms with Crippen molar-refractivity contribution in [2.24, 2.45) is 0 Å². The van der Waals surface area contributed by atoms with Crippen LogP contribution in [-0.2, 0) is 0 Å². The summed E-state index contributed by atoms with van der Waals surface area (Å²) in [7, 11) is 1.42. The molecule has 0 aliphatic carbocycles. The van der Waals surface area contributed by atoms with Crippen molar-refractivity contribution in [1.82, 2.24) is 10.2 Å². The minimum absolute atomic E-state index is 0.131. The number of carbonyl (C=O) groups is 1. The first kappa shape index (κ1) is 22.5. The number of methoxy groups -OCH3 is 1. The van der Waals surface area contributed by atoms with Crippen molar-refractivity contribution < 1.29 is 19.2 Å². The first-order valence-electron chi connectivity index (χ1n) is 9.58. The monoisotopic (exact) mass is 422 g/mol. The van der Waals surface area contributed by atoms with Crippen LogP contribution in [0.1, 0.15) is 67.7 Å². The van der Waals surface area contributed by atoms with E-state index in [0.717, 1.165) is 30.7 Å². The van der Waals surface area contributed by atoms with Gasteiger partial charge in [0.2, 0.25) is 5.13 Å². The van der Waals surface area contributed by atoms with Gasteiger partial charge in [-0.2, -0.15) is 0 Å². The van der Waals surface area contributed by atoms with E-state index >= 15 is 0 Å². The van der Waals surface area contributed by atoms with Crippen LogP contribution in [-0.4, -0.2) is 34.7 Å². The van der Waals surface area contributed by atoms with E-state index in [1.165, 1.54) is 30.6 Å². The largest absolute Gasteiger partial charge is 0.493 e. The number of anilines is 1. The third-order valence-corrected chi connectivity index (χ3v) is 5.48. The molecule has 158 valence electrons. The number of carbonyl (C=O) groups excluding carboxylic acids is 1. The number of unbranched alkanes of at least 4 members (excludes halogenated alkanes) is 1. The number of hydrogen-bond donors (Lipinski definition) is 1. The van der Waals surface area contributed by atoms with Crippen molar-refractivity contribution in [2.45, 2.75) is 52.4 Å². The number of nitro benzene ring substituents is 1. The Balaban J connectivity index is 2.29. The van der Waals surface area contributed by atoms with Crippen LogP contribution in [0.25, 0.3) is 0 Å². The fourth-order valence-corrected chi connectivity index (χ4v) is 3.74. The maximum absolute atomic E-state index is 12.7. The van der Waals surface area contributed by atoms with Crippen LogP contribution in [0.5, 0.6) is 11.5 Å². The van der Waals surface area contributed by atoms with Crippen LogP contribution in [0.4, 0.5) is 10.8 Å². The number of nitro groups is 1. The van der Waals surface area contributed by atoms with Gasteiger partial charge >= 0.3 is 0 Å². The molecule has 9 nitrogen and oxygen atoms in total. The summed E-state index contributed by atoms with van der Waals surface area (Å²) in [6, 6.07) is 2.54. The molecular weight excluding hydrogens is 396 g/mol. The topological polar surface area (TPSA) is 116 Å². The molecule has 2 aromatic rings. The van der Waals surface area contributed by atoms with Crippen LogP contribution in [0.15, 0.2) is 12.1 Å². The van der Waals surface area contributed by atoms with Gasteiger partial charge in [-0.05, 0) is 19.3 Å².